The highest BCUT2D eigenvalue weighted by Crippen LogP contribution is 2.28. The summed E-state index contributed by atoms with van der Waals surface area (Å²) in [6, 6.07) is 9.56. The fourth-order valence-corrected chi connectivity index (χ4v) is 4.74. The van der Waals surface area contributed by atoms with Crippen molar-refractivity contribution in [3.05, 3.63) is 41.4 Å². The van der Waals surface area contributed by atoms with Gasteiger partial charge in [-0.3, -0.25) is 4.79 Å². The first kappa shape index (κ1) is 23.8. The van der Waals surface area contributed by atoms with E-state index in [9.17, 15) is 13.2 Å². The Labute approximate surface area is 182 Å². The number of carbonyl (C=O) groups is 1. The topological polar surface area (TPSA) is 97.0 Å². The maximum absolute atomic E-state index is 12.8. The van der Waals surface area contributed by atoms with Crippen LogP contribution in [-0.2, 0) is 14.8 Å². The van der Waals surface area contributed by atoms with Gasteiger partial charge in [-0.15, -0.1) is 0 Å². The van der Waals surface area contributed by atoms with Crippen molar-refractivity contribution in [2.45, 2.75) is 18.7 Å². The number of carbonyl (C=O) groups excluding carboxylic acids is 1. The molecule has 0 saturated heterocycles. The minimum absolute atomic E-state index is 0.00388. The van der Waals surface area contributed by atoms with E-state index < -0.39 is 10.0 Å². The lowest BCUT2D eigenvalue weighted by molar-refractivity contribution is -0.114. The number of halogens is 1. The van der Waals surface area contributed by atoms with E-state index in [1.54, 1.807) is 38.1 Å². The fraction of sp³-hybridized carbons (Fsp3) is 0.350. The third-order valence-corrected chi connectivity index (χ3v) is 6.87. The molecule has 0 aliphatic heterocycles. The molecule has 2 aromatic rings. The first-order valence-electron chi connectivity index (χ1n) is 9.31. The number of sulfonamides is 1. The van der Waals surface area contributed by atoms with Gasteiger partial charge in [0.05, 0.1) is 25.8 Å². The molecule has 0 aliphatic rings. The Bertz CT molecular complexity index is 972. The van der Waals surface area contributed by atoms with E-state index in [2.05, 4.69) is 10.6 Å². The minimum Gasteiger partial charge on any atom is -0.497 e. The van der Waals surface area contributed by atoms with Crippen LogP contribution in [0.3, 0.4) is 0 Å². The molecule has 10 heteroatoms. The number of ether oxygens (including phenoxy) is 2. The summed E-state index contributed by atoms with van der Waals surface area (Å²) >= 11 is 6.13. The first-order valence-corrected chi connectivity index (χ1v) is 11.1. The van der Waals surface area contributed by atoms with E-state index in [1.807, 2.05) is 0 Å². The number of nitrogens with zero attached hydrogens (tertiary/aromatic N) is 1. The molecule has 0 spiro atoms. The van der Waals surface area contributed by atoms with Crippen LogP contribution >= 0.6 is 11.6 Å². The minimum atomic E-state index is -3.72. The molecule has 2 rings (SSSR count). The summed E-state index contributed by atoms with van der Waals surface area (Å²) in [5.74, 6) is 0.761. The number of methoxy groups -OCH3 is 2. The third kappa shape index (κ3) is 5.78. The second-order valence-electron chi connectivity index (χ2n) is 6.24. The van der Waals surface area contributed by atoms with Gasteiger partial charge in [0.25, 0.3) is 0 Å². The summed E-state index contributed by atoms with van der Waals surface area (Å²) in [4.78, 5) is 12.3. The Hall–Kier alpha value is -2.49. The molecule has 0 aromatic heterocycles. The van der Waals surface area contributed by atoms with E-state index in [0.29, 0.717) is 36.0 Å². The summed E-state index contributed by atoms with van der Waals surface area (Å²) in [7, 11) is -0.684. The van der Waals surface area contributed by atoms with Crippen molar-refractivity contribution in [1.29, 1.82) is 0 Å². The van der Waals surface area contributed by atoms with Crippen LogP contribution in [-0.4, -0.2) is 52.5 Å². The van der Waals surface area contributed by atoms with Crippen molar-refractivity contribution >= 4 is 38.9 Å². The highest BCUT2D eigenvalue weighted by atomic mass is 35.5. The standard InChI is InChI=1S/C20H26ClN3O5S/c1-5-24(6-2)30(26,27)19-11-14(7-8-18(19)21)22-13-20(25)23-15-9-16(28-3)12-17(10-15)29-4/h7-12,22H,5-6,13H2,1-4H3,(H,23,25). The van der Waals surface area contributed by atoms with E-state index in [1.165, 1.54) is 30.7 Å². The maximum atomic E-state index is 12.8. The van der Waals surface area contributed by atoms with Crippen molar-refractivity contribution in [3.8, 4) is 11.5 Å². The molecule has 0 bridgehead atoms. The highest BCUT2D eigenvalue weighted by molar-refractivity contribution is 7.89. The molecule has 1 amide bonds. The van der Waals surface area contributed by atoms with Crippen molar-refractivity contribution in [2.75, 3.05) is 44.5 Å². The van der Waals surface area contributed by atoms with E-state index >= 15 is 0 Å². The fourth-order valence-electron chi connectivity index (χ4n) is 2.78. The van der Waals surface area contributed by atoms with Crippen LogP contribution in [0.1, 0.15) is 13.8 Å². The van der Waals surface area contributed by atoms with E-state index in [0.717, 1.165) is 0 Å². The molecular formula is C20H26ClN3O5S. The zero-order valence-electron chi connectivity index (χ0n) is 17.4. The van der Waals surface area contributed by atoms with Gasteiger partial charge < -0.3 is 20.1 Å². The van der Waals surface area contributed by atoms with Gasteiger partial charge in [0.1, 0.15) is 16.4 Å². The number of amides is 1. The predicted molar refractivity (Wildman–Crippen MR) is 118 cm³/mol. The van der Waals surface area contributed by atoms with Gasteiger partial charge in [-0.05, 0) is 18.2 Å². The number of anilines is 2. The first-order chi connectivity index (χ1) is 14.2. The molecule has 0 saturated carbocycles. The Morgan fingerprint density at radius 1 is 1.00 bits per heavy atom. The van der Waals surface area contributed by atoms with Gasteiger partial charge >= 0.3 is 0 Å². The summed E-state index contributed by atoms with van der Waals surface area (Å²) in [6.45, 7) is 4.11. The number of hydrogen-bond donors (Lipinski definition) is 2. The Balaban J connectivity index is 2.12. The number of benzene rings is 2. The van der Waals surface area contributed by atoms with E-state index in [-0.39, 0.29) is 22.4 Å². The maximum Gasteiger partial charge on any atom is 0.244 e. The summed E-state index contributed by atoms with van der Waals surface area (Å²) in [5.41, 5.74) is 0.974. The molecule has 0 unspecified atom stereocenters. The lowest BCUT2D eigenvalue weighted by Crippen LogP contribution is -2.31. The number of hydrogen-bond acceptors (Lipinski definition) is 6. The van der Waals surface area contributed by atoms with Crippen molar-refractivity contribution < 1.29 is 22.7 Å². The quantitative estimate of drug-likeness (QED) is 0.569. The zero-order valence-corrected chi connectivity index (χ0v) is 18.9. The normalized spacial score (nSPS) is 11.3. The monoisotopic (exact) mass is 455 g/mol. The summed E-state index contributed by atoms with van der Waals surface area (Å²) < 4.78 is 37.2. The number of nitrogens with one attached hydrogen (secondary N) is 2. The lowest BCUT2D eigenvalue weighted by atomic mass is 10.2. The third-order valence-electron chi connectivity index (χ3n) is 4.34. The molecule has 2 aromatic carbocycles. The molecule has 30 heavy (non-hydrogen) atoms. The van der Waals surface area contributed by atoms with Crippen LogP contribution in [0.15, 0.2) is 41.3 Å². The van der Waals surface area contributed by atoms with Gasteiger partial charge in [0.2, 0.25) is 15.9 Å². The smallest absolute Gasteiger partial charge is 0.244 e. The van der Waals surface area contributed by atoms with Gasteiger partial charge in [0.15, 0.2) is 0 Å². The molecule has 0 aliphatic carbocycles. The second-order valence-corrected chi connectivity index (χ2v) is 8.55. The molecule has 0 heterocycles. The van der Waals surface area contributed by atoms with E-state index in [4.69, 9.17) is 21.1 Å². The van der Waals surface area contributed by atoms with Crippen molar-refractivity contribution in [1.82, 2.24) is 4.31 Å². The molecule has 0 radical (unpaired) electrons. The SMILES string of the molecule is CCN(CC)S(=O)(=O)c1cc(NCC(=O)Nc2cc(OC)cc(OC)c2)ccc1Cl. The van der Waals surface area contributed by atoms with Crippen LogP contribution in [0, 0.1) is 0 Å². The predicted octanol–water partition coefficient (Wildman–Crippen LogP) is 3.44. The van der Waals surface area contributed by atoms with Crippen LogP contribution in [0.2, 0.25) is 5.02 Å². The lowest BCUT2D eigenvalue weighted by Gasteiger charge is -2.20. The van der Waals surface area contributed by atoms with Gasteiger partial charge in [-0.2, -0.15) is 4.31 Å². The Kier molecular flexibility index (Phi) is 8.33. The largest absolute Gasteiger partial charge is 0.497 e. The molecule has 8 nitrogen and oxygen atoms in total. The van der Waals surface area contributed by atoms with Gasteiger partial charge in [-0.25, -0.2) is 8.42 Å². The van der Waals surface area contributed by atoms with Crippen LogP contribution in [0.4, 0.5) is 11.4 Å². The van der Waals surface area contributed by atoms with Crippen LogP contribution in [0.25, 0.3) is 0 Å². The van der Waals surface area contributed by atoms with Crippen molar-refractivity contribution in [3.63, 3.8) is 0 Å². The van der Waals surface area contributed by atoms with Gasteiger partial charge in [0, 0.05) is 42.7 Å². The summed E-state index contributed by atoms with van der Waals surface area (Å²) in [5, 5.41) is 5.79. The Morgan fingerprint density at radius 2 is 1.60 bits per heavy atom. The number of rotatable bonds is 10. The highest BCUT2D eigenvalue weighted by Gasteiger charge is 2.24. The average Bonchev–Trinajstić information content (AvgIpc) is 2.73. The molecular weight excluding hydrogens is 430 g/mol. The van der Waals surface area contributed by atoms with Crippen LogP contribution < -0.4 is 20.1 Å². The Morgan fingerprint density at radius 3 is 2.13 bits per heavy atom. The second kappa shape index (κ2) is 10.5. The molecule has 164 valence electrons. The van der Waals surface area contributed by atoms with Gasteiger partial charge in [-0.1, -0.05) is 25.4 Å². The average molecular weight is 456 g/mol. The summed E-state index contributed by atoms with van der Waals surface area (Å²) in [6.07, 6.45) is 0. The molecule has 0 fully saturated rings. The zero-order chi connectivity index (χ0) is 22.3. The molecule has 0 atom stereocenters. The van der Waals surface area contributed by atoms with Crippen molar-refractivity contribution in [2.24, 2.45) is 0 Å². The molecule has 2 N–H and O–H groups in total. The van der Waals surface area contributed by atoms with Crippen LogP contribution in [0.5, 0.6) is 11.5 Å².